The summed E-state index contributed by atoms with van der Waals surface area (Å²) >= 11 is 0. The number of methoxy groups -OCH3 is 2. The molecule has 1 aliphatic heterocycles. The van der Waals surface area contributed by atoms with E-state index in [1.165, 1.54) is 0 Å². The summed E-state index contributed by atoms with van der Waals surface area (Å²) in [5, 5.41) is 0. The fourth-order valence-corrected chi connectivity index (χ4v) is 4.65. The monoisotopic (exact) mass is 427 g/mol. The molecule has 0 amide bonds. The summed E-state index contributed by atoms with van der Waals surface area (Å²) in [6.45, 7) is 8.40. The van der Waals surface area contributed by atoms with Gasteiger partial charge in [0.1, 0.15) is 5.92 Å². The van der Waals surface area contributed by atoms with Crippen molar-refractivity contribution in [2.24, 2.45) is 16.3 Å². The van der Waals surface area contributed by atoms with Gasteiger partial charge in [-0.15, -0.1) is 0 Å². The van der Waals surface area contributed by atoms with E-state index in [-0.39, 0.29) is 17.2 Å². The number of unbranched alkanes of at least 4 members (excludes halogenated alkanes) is 1. The Bertz CT molecular complexity index is 928. The Morgan fingerprint density at radius 2 is 1.94 bits per heavy atom. The van der Waals surface area contributed by atoms with Crippen molar-refractivity contribution in [1.82, 2.24) is 0 Å². The van der Waals surface area contributed by atoms with E-state index in [4.69, 9.17) is 19.2 Å². The van der Waals surface area contributed by atoms with Gasteiger partial charge >= 0.3 is 5.97 Å². The Morgan fingerprint density at radius 3 is 2.58 bits per heavy atom. The van der Waals surface area contributed by atoms with Crippen LogP contribution in [0.1, 0.15) is 64.9 Å². The molecule has 3 rings (SSSR count). The molecule has 0 saturated heterocycles. The standard InChI is InChI=1S/C25H33NO5/c1-7-8-12-31-24(28)20-15(2)26-17-13-25(3,4)14-18(27)22(17)21(20)16-10-9-11-19(29-5)23(16)30-6/h9-11,20-21H,7-8,12-14H2,1-6H3/t20?,21-/m1/s1. The van der Waals surface area contributed by atoms with Crippen LogP contribution in [0.4, 0.5) is 0 Å². The summed E-state index contributed by atoms with van der Waals surface area (Å²) in [5.74, 6) is -0.431. The molecule has 168 valence electrons. The third-order valence-electron chi connectivity index (χ3n) is 6.07. The molecular weight excluding hydrogens is 394 g/mol. The third-order valence-corrected chi connectivity index (χ3v) is 6.07. The minimum absolute atomic E-state index is 0.0312. The Hall–Kier alpha value is -2.63. The zero-order chi connectivity index (χ0) is 22.8. The molecule has 1 aromatic rings. The second-order valence-electron chi connectivity index (χ2n) is 9.11. The van der Waals surface area contributed by atoms with Gasteiger partial charge in [0.05, 0.1) is 20.8 Å². The van der Waals surface area contributed by atoms with Gasteiger partial charge in [0, 0.05) is 34.9 Å². The Kier molecular flexibility index (Phi) is 6.87. The number of aliphatic imine (C=N–C) groups is 1. The van der Waals surface area contributed by atoms with E-state index in [2.05, 4.69) is 13.8 Å². The number of rotatable bonds is 7. The number of carbonyl (C=O) groups excluding carboxylic acids is 2. The predicted molar refractivity (Wildman–Crippen MR) is 120 cm³/mol. The zero-order valence-electron chi connectivity index (χ0n) is 19.4. The van der Waals surface area contributed by atoms with Crippen molar-refractivity contribution in [2.75, 3.05) is 20.8 Å². The van der Waals surface area contributed by atoms with Crippen LogP contribution in [0.15, 0.2) is 34.5 Å². The van der Waals surface area contributed by atoms with Gasteiger partial charge in [-0.25, -0.2) is 0 Å². The highest BCUT2D eigenvalue weighted by atomic mass is 16.5. The van der Waals surface area contributed by atoms with Gasteiger partial charge in [-0.3, -0.25) is 14.6 Å². The molecule has 6 nitrogen and oxygen atoms in total. The lowest BCUT2D eigenvalue weighted by molar-refractivity contribution is -0.146. The molecule has 0 bridgehead atoms. The number of esters is 1. The molecular formula is C25H33NO5. The number of benzene rings is 1. The molecule has 2 atom stereocenters. The maximum Gasteiger partial charge on any atom is 0.315 e. The summed E-state index contributed by atoms with van der Waals surface area (Å²) in [5.41, 5.74) is 2.62. The number of hydrogen-bond donors (Lipinski definition) is 0. The van der Waals surface area contributed by atoms with E-state index in [0.717, 1.165) is 24.1 Å². The molecule has 2 aliphatic rings. The highest BCUT2D eigenvalue weighted by Crippen LogP contribution is 2.50. The Balaban J connectivity index is 2.18. The Morgan fingerprint density at radius 1 is 1.19 bits per heavy atom. The van der Waals surface area contributed by atoms with E-state index in [1.54, 1.807) is 14.2 Å². The molecule has 0 radical (unpaired) electrons. The number of para-hydroxylation sites is 1. The maximum atomic E-state index is 13.4. The number of nitrogens with zero attached hydrogens (tertiary/aromatic N) is 1. The van der Waals surface area contributed by atoms with Gasteiger partial charge in [-0.1, -0.05) is 39.3 Å². The number of hydrogen-bond acceptors (Lipinski definition) is 6. The lowest BCUT2D eigenvalue weighted by Gasteiger charge is -2.39. The van der Waals surface area contributed by atoms with Crippen LogP contribution >= 0.6 is 0 Å². The average Bonchev–Trinajstić information content (AvgIpc) is 2.71. The van der Waals surface area contributed by atoms with Crippen LogP contribution in [0.5, 0.6) is 11.5 Å². The number of Topliss-reactive ketones (excluding diaryl/α,β-unsaturated/α-hetero) is 1. The normalized spacial score (nSPS) is 22.5. The van der Waals surface area contributed by atoms with Crippen LogP contribution in [0, 0.1) is 11.3 Å². The SMILES string of the molecule is CCCCOC(=O)C1C(C)=NC2=C(C(=O)CC(C)(C)C2)[C@@H]1c1cccc(OC)c1OC. The lowest BCUT2D eigenvalue weighted by atomic mass is 9.66. The highest BCUT2D eigenvalue weighted by molar-refractivity contribution is 6.09. The zero-order valence-corrected chi connectivity index (χ0v) is 19.4. The summed E-state index contributed by atoms with van der Waals surface area (Å²) in [7, 11) is 3.14. The molecule has 1 heterocycles. The molecule has 0 aromatic heterocycles. The van der Waals surface area contributed by atoms with Crippen LogP contribution in [0.2, 0.25) is 0 Å². The van der Waals surface area contributed by atoms with Gasteiger partial charge < -0.3 is 14.2 Å². The third kappa shape index (κ3) is 4.53. The number of allylic oxidation sites excluding steroid dienone is 2. The topological polar surface area (TPSA) is 74.2 Å². The van der Waals surface area contributed by atoms with E-state index in [1.807, 2.05) is 32.0 Å². The summed E-state index contributed by atoms with van der Waals surface area (Å²) in [6.07, 6.45) is 2.83. The van der Waals surface area contributed by atoms with Crippen LogP contribution in [-0.4, -0.2) is 38.3 Å². The first-order chi connectivity index (χ1) is 14.7. The van der Waals surface area contributed by atoms with Crippen molar-refractivity contribution in [3.05, 3.63) is 35.0 Å². The van der Waals surface area contributed by atoms with Crippen molar-refractivity contribution in [3.63, 3.8) is 0 Å². The smallest absolute Gasteiger partial charge is 0.315 e. The van der Waals surface area contributed by atoms with Crippen molar-refractivity contribution < 1.29 is 23.8 Å². The quantitative estimate of drug-likeness (QED) is 0.459. The fraction of sp³-hybridized carbons (Fsp3) is 0.560. The van der Waals surface area contributed by atoms with Crippen LogP contribution in [-0.2, 0) is 14.3 Å². The average molecular weight is 428 g/mol. The van der Waals surface area contributed by atoms with E-state index < -0.39 is 11.8 Å². The molecule has 0 fully saturated rings. The molecule has 6 heteroatoms. The summed E-state index contributed by atoms with van der Waals surface area (Å²) in [4.78, 5) is 31.3. The number of carbonyl (C=O) groups is 2. The summed E-state index contributed by atoms with van der Waals surface area (Å²) in [6, 6.07) is 5.56. The highest BCUT2D eigenvalue weighted by Gasteiger charge is 2.47. The van der Waals surface area contributed by atoms with Crippen molar-refractivity contribution in [1.29, 1.82) is 0 Å². The van der Waals surface area contributed by atoms with Crippen LogP contribution < -0.4 is 9.47 Å². The second kappa shape index (κ2) is 9.25. The first-order valence-corrected chi connectivity index (χ1v) is 10.9. The largest absolute Gasteiger partial charge is 0.493 e. The van der Waals surface area contributed by atoms with Gasteiger partial charge in [0.2, 0.25) is 0 Å². The van der Waals surface area contributed by atoms with Gasteiger partial charge in [0.15, 0.2) is 17.3 Å². The molecule has 0 N–H and O–H groups in total. The van der Waals surface area contributed by atoms with Crippen LogP contribution in [0.3, 0.4) is 0 Å². The fourth-order valence-electron chi connectivity index (χ4n) is 4.65. The Labute approximate surface area is 184 Å². The van der Waals surface area contributed by atoms with Gasteiger partial charge in [-0.05, 0) is 31.2 Å². The summed E-state index contributed by atoms with van der Waals surface area (Å²) < 4.78 is 16.8. The second-order valence-corrected chi connectivity index (χ2v) is 9.11. The molecule has 1 unspecified atom stereocenters. The lowest BCUT2D eigenvalue weighted by Crippen LogP contribution is -2.39. The first kappa shape index (κ1) is 23.0. The van der Waals surface area contributed by atoms with E-state index >= 15 is 0 Å². The molecule has 31 heavy (non-hydrogen) atoms. The first-order valence-electron chi connectivity index (χ1n) is 10.9. The van der Waals surface area contributed by atoms with Crippen molar-refractivity contribution >= 4 is 17.5 Å². The minimum Gasteiger partial charge on any atom is -0.493 e. The molecule has 1 aliphatic carbocycles. The molecule has 1 aromatic carbocycles. The predicted octanol–water partition coefficient (Wildman–Crippen LogP) is 4.86. The van der Waals surface area contributed by atoms with Crippen LogP contribution in [0.25, 0.3) is 0 Å². The van der Waals surface area contributed by atoms with Crippen molar-refractivity contribution in [2.45, 2.75) is 59.3 Å². The van der Waals surface area contributed by atoms with E-state index in [0.29, 0.717) is 42.2 Å². The maximum absolute atomic E-state index is 13.4. The van der Waals surface area contributed by atoms with E-state index in [9.17, 15) is 9.59 Å². The number of ketones is 1. The van der Waals surface area contributed by atoms with Gasteiger partial charge in [0.25, 0.3) is 0 Å². The number of ether oxygens (including phenoxy) is 3. The van der Waals surface area contributed by atoms with Gasteiger partial charge in [-0.2, -0.15) is 0 Å². The van der Waals surface area contributed by atoms with Crippen molar-refractivity contribution in [3.8, 4) is 11.5 Å². The minimum atomic E-state index is -0.679. The molecule has 0 spiro atoms. The molecule has 0 saturated carbocycles.